The standard InChI is InChI=1S/C13H13F2N3O4S2/c1-18(10-2-4-11(5-3-10)23(16,19)20)24(21,22)12-6-9(13(14)15)7-17-8-12/h2-8,13H,1H3,(H2,16,19,20). The van der Waals surface area contributed by atoms with E-state index in [9.17, 15) is 25.6 Å². The fourth-order valence-corrected chi connectivity index (χ4v) is 3.55. The van der Waals surface area contributed by atoms with E-state index in [1.54, 1.807) is 0 Å². The van der Waals surface area contributed by atoms with Crippen LogP contribution in [0.4, 0.5) is 14.5 Å². The molecule has 0 aliphatic carbocycles. The highest BCUT2D eigenvalue weighted by Crippen LogP contribution is 2.25. The van der Waals surface area contributed by atoms with Crippen molar-refractivity contribution in [1.82, 2.24) is 4.98 Å². The highest BCUT2D eigenvalue weighted by atomic mass is 32.2. The van der Waals surface area contributed by atoms with E-state index in [4.69, 9.17) is 5.14 Å². The number of nitrogens with zero attached hydrogens (tertiary/aromatic N) is 2. The van der Waals surface area contributed by atoms with Crippen LogP contribution in [-0.2, 0) is 20.0 Å². The van der Waals surface area contributed by atoms with Gasteiger partial charge in [-0.3, -0.25) is 9.29 Å². The molecule has 24 heavy (non-hydrogen) atoms. The van der Waals surface area contributed by atoms with Gasteiger partial charge in [-0.15, -0.1) is 0 Å². The smallest absolute Gasteiger partial charge is 0.265 e. The number of hydrogen-bond donors (Lipinski definition) is 1. The quantitative estimate of drug-likeness (QED) is 0.849. The lowest BCUT2D eigenvalue weighted by atomic mass is 10.3. The van der Waals surface area contributed by atoms with Crippen LogP contribution in [-0.4, -0.2) is 28.9 Å². The maximum Gasteiger partial charge on any atom is 0.265 e. The highest BCUT2D eigenvalue weighted by molar-refractivity contribution is 7.92. The van der Waals surface area contributed by atoms with Crippen molar-refractivity contribution < 1.29 is 25.6 Å². The van der Waals surface area contributed by atoms with Crippen LogP contribution in [0.3, 0.4) is 0 Å². The molecule has 2 rings (SSSR count). The normalized spacial score (nSPS) is 12.4. The van der Waals surface area contributed by atoms with Crippen molar-refractivity contribution in [1.29, 1.82) is 0 Å². The van der Waals surface area contributed by atoms with Crippen molar-refractivity contribution >= 4 is 25.7 Å². The summed E-state index contributed by atoms with van der Waals surface area (Å²) in [5.41, 5.74) is -0.390. The second-order valence-electron chi connectivity index (χ2n) is 4.77. The van der Waals surface area contributed by atoms with E-state index in [1.807, 2.05) is 0 Å². The zero-order valence-electron chi connectivity index (χ0n) is 12.3. The average Bonchev–Trinajstić information content (AvgIpc) is 2.53. The lowest BCUT2D eigenvalue weighted by molar-refractivity contribution is 0.150. The van der Waals surface area contributed by atoms with E-state index in [2.05, 4.69) is 4.98 Å². The number of nitrogens with two attached hydrogens (primary N) is 1. The molecule has 7 nitrogen and oxygen atoms in total. The molecule has 0 fully saturated rings. The third-order valence-electron chi connectivity index (χ3n) is 3.17. The first-order valence-electron chi connectivity index (χ1n) is 6.38. The first kappa shape index (κ1) is 18.2. The Labute approximate surface area is 137 Å². The molecule has 2 N–H and O–H groups in total. The molecule has 2 aromatic rings. The Hall–Kier alpha value is -2.11. The third-order valence-corrected chi connectivity index (χ3v) is 5.85. The van der Waals surface area contributed by atoms with Crippen molar-refractivity contribution in [3.8, 4) is 0 Å². The molecular weight excluding hydrogens is 364 g/mol. The van der Waals surface area contributed by atoms with E-state index in [1.165, 1.54) is 19.2 Å². The molecule has 0 aliphatic rings. The minimum absolute atomic E-state index is 0.129. The predicted octanol–water partition coefficient (Wildman–Crippen LogP) is 1.49. The molecular formula is C13H13F2N3O4S2. The van der Waals surface area contributed by atoms with E-state index in [0.29, 0.717) is 0 Å². The van der Waals surface area contributed by atoms with Crippen LogP contribution in [0.2, 0.25) is 0 Å². The van der Waals surface area contributed by atoms with E-state index >= 15 is 0 Å². The number of rotatable bonds is 5. The van der Waals surface area contributed by atoms with Crippen LogP contribution in [0.5, 0.6) is 0 Å². The Morgan fingerprint density at radius 3 is 2.12 bits per heavy atom. The number of hydrogen-bond acceptors (Lipinski definition) is 5. The number of aromatic nitrogens is 1. The number of primary sulfonamides is 1. The Bertz CT molecular complexity index is 945. The number of halogens is 2. The lowest BCUT2D eigenvalue weighted by Crippen LogP contribution is -2.27. The van der Waals surface area contributed by atoms with E-state index in [-0.39, 0.29) is 10.6 Å². The number of benzene rings is 1. The van der Waals surface area contributed by atoms with Crippen molar-refractivity contribution in [2.24, 2.45) is 5.14 Å². The van der Waals surface area contributed by atoms with Gasteiger partial charge in [0.15, 0.2) is 0 Å². The summed E-state index contributed by atoms with van der Waals surface area (Å²) in [6.45, 7) is 0. The summed E-state index contributed by atoms with van der Waals surface area (Å²) in [4.78, 5) is 2.93. The molecule has 0 spiro atoms. The number of sulfonamides is 2. The van der Waals surface area contributed by atoms with Gasteiger partial charge in [0.2, 0.25) is 10.0 Å². The van der Waals surface area contributed by atoms with Crippen LogP contribution >= 0.6 is 0 Å². The Morgan fingerprint density at radius 2 is 1.62 bits per heavy atom. The zero-order chi connectivity index (χ0) is 18.1. The molecule has 0 amide bonds. The molecule has 0 aliphatic heterocycles. The Balaban J connectivity index is 2.41. The number of alkyl halides is 2. The highest BCUT2D eigenvalue weighted by Gasteiger charge is 2.23. The molecule has 130 valence electrons. The summed E-state index contributed by atoms with van der Waals surface area (Å²) >= 11 is 0. The Kier molecular flexibility index (Phi) is 4.87. The van der Waals surface area contributed by atoms with Gasteiger partial charge in [0.05, 0.1) is 10.6 Å². The molecule has 0 unspecified atom stereocenters. The minimum atomic E-state index is -4.14. The first-order valence-corrected chi connectivity index (χ1v) is 9.37. The summed E-state index contributed by atoms with van der Waals surface area (Å²) in [5, 5.41) is 4.97. The molecule has 0 saturated heterocycles. The second-order valence-corrected chi connectivity index (χ2v) is 8.30. The van der Waals surface area contributed by atoms with Crippen molar-refractivity contribution in [3.63, 3.8) is 0 Å². The van der Waals surface area contributed by atoms with Gasteiger partial charge < -0.3 is 0 Å². The van der Waals surface area contributed by atoms with Crippen molar-refractivity contribution in [2.75, 3.05) is 11.4 Å². The van der Waals surface area contributed by atoms with Crippen LogP contribution in [0, 0.1) is 0 Å². The van der Waals surface area contributed by atoms with Crippen molar-refractivity contribution in [2.45, 2.75) is 16.2 Å². The maximum atomic E-state index is 12.7. The van der Waals surface area contributed by atoms with Gasteiger partial charge in [-0.25, -0.2) is 30.8 Å². The monoisotopic (exact) mass is 377 g/mol. The molecule has 0 atom stereocenters. The molecule has 1 heterocycles. The number of anilines is 1. The van der Waals surface area contributed by atoms with Crippen LogP contribution in [0.15, 0.2) is 52.5 Å². The summed E-state index contributed by atoms with van der Waals surface area (Å²) in [6, 6.07) is 5.60. The van der Waals surface area contributed by atoms with Crippen LogP contribution < -0.4 is 9.44 Å². The van der Waals surface area contributed by atoms with Gasteiger partial charge in [-0.1, -0.05) is 0 Å². The summed E-state index contributed by atoms with van der Waals surface area (Å²) in [7, 11) is -6.84. The molecule has 0 bridgehead atoms. The van der Waals surface area contributed by atoms with Gasteiger partial charge in [0, 0.05) is 25.0 Å². The third kappa shape index (κ3) is 3.68. The minimum Gasteiger partial charge on any atom is -0.269 e. The summed E-state index contributed by atoms with van der Waals surface area (Å²) < 4.78 is 73.6. The lowest BCUT2D eigenvalue weighted by Gasteiger charge is -2.19. The largest absolute Gasteiger partial charge is 0.269 e. The fraction of sp³-hybridized carbons (Fsp3) is 0.154. The molecule has 0 radical (unpaired) electrons. The van der Waals surface area contributed by atoms with Gasteiger partial charge in [0.1, 0.15) is 4.90 Å². The average molecular weight is 377 g/mol. The number of pyridine rings is 1. The molecule has 1 aromatic carbocycles. The summed E-state index contributed by atoms with van der Waals surface area (Å²) in [5.74, 6) is 0. The predicted molar refractivity (Wildman–Crippen MR) is 82.6 cm³/mol. The fourth-order valence-electron chi connectivity index (χ4n) is 1.84. The van der Waals surface area contributed by atoms with Crippen LogP contribution in [0.25, 0.3) is 0 Å². The van der Waals surface area contributed by atoms with Crippen LogP contribution in [0.1, 0.15) is 12.0 Å². The van der Waals surface area contributed by atoms with Gasteiger partial charge in [0.25, 0.3) is 16.4 Å². The van der Waals surface area contributed by atoms with E-state index in [0.717, 1.165) is 34.9 Å². The maximum absolute atomic E-state index is 12.7. The van der Waals surface area contributed by atoms with Gasteiger partial charge >= 0.3 is 0 Å². The molecule has 1 aromatic heterocycles. The summed E-state index contributed by atoms with van der Waals surface area (Å²) in [6.07, 6.45) is -1.02. The van der Waals surface area contributed by atoms with Gasteiger partial charge in [-0.2, -0.15) is 0 Å². The van der Waals surface area contributed by atoms with Crippen molar-refractivity contribution in [3.05, 3.63) is 48.3 Å². The van der Waals surface area contributed by atoms with Gasteiger partial charge in [-0.05, 0) is 30.3 Å². The van der Waals surface area contributed by atoms with E-state index < -0.39 is 36.9 Å². The second kappa shape index (κ2) is 6.42. The first-order chi connectivity index (χ1) is 11.0. The Morgan fingerprint density at radius 1 is 1.04 bits per heavy atom. The SMILES string of the molecule is CN(c1ccc(S(N)(=O)=O)cc1)S(=O)(=O)c1cncc(C(F)F)c1. The molecule has 11 heteroatoms. The molecule has 0 saturated carbocycles. The zero-order valence-corrected chi connectivity index (χ0v) is 13.9. The topological polar surface area (TPSA) is 110 Å².